The van der Waals surface area contributed by atoms with Crippen LogP contribution in [0.3, 0.4) is 0 Å². The van der Waals surface area contributed by atoms with Crippen LogP contribution in [0.15, 0.2) is 109 Å². The third-order valence-electron chi connectivity index (χ3n) is 3.20. The van der Waals surface area contributed by atoms with Crippen LogP contribution in [0.25, 0.3) is 0 Å². The van der Waals surface area contributed by atoms with E-state index in [1.54, 1.807) is 0 Å². The minimum Gasteiger partial charge on any atom is -0.184 e. The first-order valence-corrected chi connectivity index (χ1v) is 8.17. The van der Waals surface area contributed by atoms with Crippen LogP contribution in [-0.4, -0.2) is 0 Å². The Morgan fingerprint density at radius 2 is 0.704 bits per heavy atom. The maximum absolute atomic E-state index is 3.01. The molecule has 0 nitrogen and oxygen atoms in total. The Labute approximate surface area is 192 Å². The standard InChI is InChI=1S/C13H10.2C6H5.2W/c1-3-7-12(8-4-1)11-13-9-5-2-6-10-13;2*1-2-4-6-5-3-1;;/h3-10H,11H2;2*1-5H;;/q-2;2*-1;2*+2. The maximum atomic E-state index is 3.01. The van der Waals surface area contributed by atoms with E-state index in [2.05, 4.69) is 48.5 Å². The Balaban J connectivity index is 0.000000409. The summed E-state index contributed by atoms with van der Waals surface area (Å²) in [4.78, 5) is 0. The quantitative estimate of drug-likeness (QED) is 0.232. The Morgan fingerprint density at radius 1 is 0.407 bits per heavy atom. The van der Waals surface area contributed by atoms with Crippen molar-refractivity contribution in [1.82, 2.24) is 0 Å². The smallest absolute Gasteiger partial charge is 0.184 e. The van der Waals surface area contributed by atoms with Gasteiger partial charge >= 0.3 is 42.1 Å². The zero-order valence-corrected chi connectivity index (χ0v) is 20.8. The van der Waals surface area contributed by atoms with Gasteiger partial charge in [0.15, 0.2) is 0 Å². The van der Waals surface area contributed by atoms with Gasteiger partial charge in [0.2, 0.25) is 0 Å². The molecule has 0 aliphatic rings. The number of hydrogen-bond donors (Lipinski definition) is 0. The van der Waals surface area contributed by atoms with Crippen LogP contribution in [0.2, 0.25) is 0 Å². The minimum atomic E-state index is 0. The van der Waals surface area contributed by atoms with E-state index in [1.165, 1.54) is 11.1 Å². The molecule has 2 heteroatoms. The zero-order chi connectivity index (χ0) is 17.4. The second-order valence-corrected chi connectivity index (χ2v) is 5.15. The fraction of sp³-hybridized carbons (Fsp3) is 0.0400. The molecule has 0 aliphatic heterocycles. The van der Waals surface area contributed by atoms with Crippen LogP contribution in [0.1, 0.15) is 11.1 Å². The third-order valence-corrected chi connectivity index (χ3v) is 3.20. The molecule has 0 aromatic heterocycles. The fourth-order valence-corrected chi connectivity index (χ4v) is 2.00. The van der Waals surface area contributed by atoms with Crippen molar-refractivity contribution in [2.24, 2.45) is 0 Å². The molecule has 0 unspecified atom stereocenters. The molecule has 0 radical (unpaired) electrons. The van der Waals surface area contributed by atoms with Crippen LogP contribution in [0, 0.1) is 24.3 Å². The minimum absolute atomic E-state index is 0. The average Bonchev–Trinajstić information content (AvgIpc) is 2.73. The average molecular weight is 688 g/mol. The van der Waals surface area contributed by atoms with Crippen LogP contribution in [0.4, 0.5) is 0 Å². The molecule has 0 saturated heterocycles. The normalized spacial score (nSPS) is 8.30. The number of hydrogen-bond acceptors (Lipinski definition) is 0. The molecule has 4 aromatic carbocycles. The van der Waals surface area contributed by atoms with Crippen molar-refractivity contribution in [3.63, 3.8) is 0 Å². The second kappa shape index (κ2) is 17.7. The summed E-state index contributed by atoms with van der Waals surface area (Å²) in [5.74, 6) is 0. The molecule has 0 N–H and O–H groups in total. The number of benzene rings is 4. The van der Waals surface area contributed by atoms with Gasteiger partial charge in [-0.3, -0.25) is 0 Å². The van der Waals surface area contributed by atoms with Gasteiger partial charge in [-0.1, -0.05) is 0 Å². The molecule has 4 aromatic rings. The first-order chi connectivity index (χ1) is 12.4. The maximum Gasteiger partial charge on any atom is 2.00 e. The summed E-state index contributed by atoms with van der Waals surface area (Å²) in [5, 5.41) is 0. The van der Waals surface area contributed by atoms with Crippen LogP contribution >= 0.6 is 0 Å². The summed E-state index contributed by atoms with van der Waals surface area (Å²) < 4.78 is 0. The van der Waals surface area contributed by atoms with Crippen molar-refractivity contribution in [2.45, 2.75) is 6.42 Å². The topological polar surface area (TPSA) is 0 Å². The molecule has 0 bridgehead atoms. The monoisotopic (exact) mass is 688 g/mol. The summed E-state index contributed by atoms with van der Waals surface area (Å²) in [6.07, 6.45) is 0.989. The Morgan fingerprint density at radius 3 is 0.926 bits per heavy atom. The summed E-state index contributed by atoms with van der Waals surface area (Å²) in [6.45, 7) is 0. The van der Waals surface area contributed by atoms with Crippen LogP contribution < -0.4 is 0 Å². The summed E-state index contributed by atoms with van der Waals surface area (Å²) in [6, 6.07) is 47.2. The predicted molar refractivity (Wildman–Crippen MR) is 104 cm³/mol. The van der Waals surface area contributed by atoms with Crippen molar-refractivity contribution in [3.8, 4) is 0 Å². The zero-order valence-electron chi connectivity index (χ0n) is 14.9. The van der Waals surface area contributed by atoms with Crippen molar-refractivity contribution < 1.29 is 42.1 Å². The van der Waals surface area contributed by atoms with Crippen molar-refractivity contribution >= 4 is 0 Å². The molecule has 27 heavy (non-hydrogen) atoms. The van der Waals surface area contributed by atoms with E-state index in [0.29, 0.717) is 0 Å². The van der Waals surface area contributed by atoms with Gasteiger partial charge in [0.1, 0.15) is 0 Å². The SMILES string of the molecule is [W+2].[W+2].[c-]1ccc(Cc2cc[c-]cc2)cc1.[c-]1ccccc1.[c-]1ccccc1. The van der Waals surface area contributed by atoms with E-state index in [1.807, 2.05) is 84.9 Å². The molecule has 0 saturated carbocycles. The molecule has 0 heterocycles. The molecule has 0 atom stereocenters. The van der Waals surface area contributed by atoms with Crippen molar-refractivity contribution in [2.75, 3.05) is 0 Å². The van der Waals surface area contributed by atoms with Crippen LogP contribution in [0.5, 0.6) is 0 Å². The van der Waals surface area contributed by atoms with Crippen molar-refractivity contribution in [3.05, 3.63) is 145 Å². The Bertz CT molecular complexity index is 636. The Kier molecular flexibility index (Phi) is 16.5. The fourth-order valence-electron chi connectivity index (χ4n) is 2.00. The molecule has 132 valence electrons. The second-order valence-electron chi connectivity index (χ2n) is 5.15. The molecule has 4 rings (SSSR count). The predicted octanol–water partition coefficient (Wildman–Crippen LogP) is 5.85. The molecular formula is C25H20W2. The summed E-state index contributed by atoms with van der Waals surface area (Å²) in [5.41, 5.74) is 2.65. The van der Waals surface area contributed by atoms with Gasteiger partial charge in [-0.2, -0.15) is 145 Å². The Hall–Kier alpha value is -1.74. The van der Waals surface area contributed by atoms with E-state index >= 15 is 0 Å². The molecule has 0 amide bonds. The van der Waals surface area contributed by atoms with E-state index in [0.717, 1.165) is 6.42 Å². The van der Waals surface area contributed by atoms with Gasteiger partial charge in [-0.15, -0.1) is 0 Å². The van der Waals surface area contributed by atoms with Gasteiger partial charge in [-0.05, 0) is 6.42 Å². The molecule has 0 aliphatic carbocycles. The van der Waals surface area contributed by atoms with Gasteiger partial charge in [-0.25, -0.2) is 0 Å². The van der Waals surface area contributed by atoms with Crippen LogP contribution in [-0.2, 0) is 48.6 Å². The van der Waals surface area contributed by atoms with Gasteiger partial charge in [0.25, 0.3) is 0 Å². The summed E-state index contributed by atoms with van der Waals surface area (Å²) in [7, 11) is 0. The first-order valence-electron chi connectivity index (χ1n) is 8.17. The van der Waals surface area contributed by atoms with Crippen molar-refractivity contribution in [1.29, 1.82) is 0 Å². The molecule has 0 fully saturated rings. The molecular weight excluding hydrogens is 668 g/mol. The van der Waals surface area contributed by atoms with E-state index in [-0.39, 0.29) is 42.1 Å². The first kappa shape index (κ1) is 25.3. The van der Waals surface area contributed by atoms with Gasteiger partial charge in [0.05, 0.1) is 0 Å². The summed E-state index contributed by atoms with van der Waals surface area (Å²) >= 11 is 0. The number of rotatable bonds is 2. The van der Waals surface area contributed by atoms with E-state index in [9.17, 15) is 0 Å². The molecule has 0 spiro atoms. The van der Waals surface area contributed by atoms with Gasteiger partial charge in [0, 0.05) is 0 Å². The van der Waals surface area contributed by atoms with Gasteiger partial charge < -0.3 is 0 Å². The van der Waals surface area contributed by atoms with E-state index < -0.39 is 0 Å². The largest absolute Gasteiger partial charge is 2.00 e. The van der Waals surface area contributed by atoms with E-state index in [4.69, 9.17) is 0 Å². The third kappa shape index (κ3) is 13.1.